The van der Waals surface area contributed by atoms with Gasteiger partial charge in [0.2, 0.25) is 5.91 Å². The minimum absolute atomic E-state index is 0.178. The Kier molecular flexibility index (Phi) is 4.57. The Bertz CT molecular complexity index is 547. The number of urea groups is 1. The van der Waals surface area contributed by atoms with Crippen molar-refractivity contribution in [3.05, 3.63) is 34.9 Å². The first kappa shape index (κ1) is 14.3. The highest BCUT2D eigenvalue weighted by molar-refractivity contribution is 6.31. The molecule has 3 N–H and O–H groups in total. The molecular weight excluding hydrogens is 282 g/mol. The third-order valence-electron chi connectivity index (χ3n) is 2.92. The molecule has 1 unspecified atom stereocenters. The molecule has 1 saturated heterocycles. The average molecular weight is 296 g/mol. The molecule has 106 valence electrons. The lowest BCUT2D eigenvalue weighted by Gasteiger charge is -2.09. The van der Waals surface area contributed by atoms with Gasteiger partial charge in [-0.05, 0) is 18.1 Å². The van der Waals surface area contributed by atoms with Gasteiger partial charge in [0.1, 0.15) is 6.04 Å². The van der Waals surface area contributed by atoms with Crippen molar-refractivity contribution in [3.8, 4) is 0 Å². The first-order chi connectivity index (χ1) is 9.56. The number of nitrogens with one attached hydrogen (secondary N) is 3. The van der Waals surface area contributed by atoms with E-state index >= 15 is 0 Å². The predicted octanol–water partition coefficient (Wildman–Crippen LogP) is 0.597. The molecule has 0 aromatic heterocycles. The molecule has 2 rings (SSSR count). The van der Waals surface area contributed by atoms with E-state index in [0.717, 1.165) is 5.56 Å². The SMILES string of the molecule is O=C(Cc1ccccc1Cl)NCCC1NC(=O)NC1=O. The lowest BCUT2D eigenvalue weighted by Crippen LogP contribution is -2.35. The smallest absolute Gasteiger partial charge is 0.322 e. The Morgan fingerprint density at radius 3 is 2.70 bits per heavy atom. The second kappa shape index (κ2) is 6.38. The summed E-state index contributed by atoms with van der Waals surface area (Å²) in [5, 5.41) is 7.84. The molecule has 0 radical (unpaired) electrons. The molecule has 1 atom stereocenters. The molecule has 1 aliphatic rings. The monoisotopic (exact) mass is 295 g/mol. The minimum Gasteiger partial charge on any atom is -0.356 e. The molecule has 20 heavy (non-hydrogen) atoms. The molecule has 0 saturated carbocycles. The molecule has 7 heteroatoms. The van der Waals surface area contributed by atoms with E-state index in [2.05, 4.69) is 16.0 Å². The molecule has 0 bridgehead atoms. The molecule has 0 aliphatic carbocycles. The van der Waals surface area contributed by atoms with Gasteiger partial charge in [0.05, 0.1) is 6.42 Å². The van der Waals surface area contributed by atoms with Crippen LogP contribution >= 0.6 is 11.6 Å². The summed E-state index contributed by atoms with van der Waals surface area (Å²) >= 11 is 5.96. The number of rotatable bonds is 5. The Hall–Kier alpha value is -2.08. The summed E-state index contributed by atoms with van der Waals surface area (Å²) in [7, 11) is 0. The van der Waals surface area contributed by atoms with Crippen molar-refractivity contribution in [2.45, 2.75) is 18.9 Å². The van der Waals surface area contributed by atoms with Gasteiger partial charge in [-0.1, -0.05) is 29.8 Å². The predicted molar refractivity (Wildman–Crippen MR) is 73.2 cm³/mol. The Labute approximate surface area is 120 Å². The molecule has 1 aliphatic heterocycles. The highest BCUT2D eigenvalue weighted by Crippen LogP contribution is 2.15. The first-order valence-corrected chi connectivity index (χ1v) is 6.55. The number of carbonyl (C=O) groups excluding carboxylic acids is 3. The molecule has 1 aromatic carbocycles. The summed E-state index contributed by atoms with van der Waals surface area (Å²) in [4.78, 5) is 33.9. The van der Waals surface area contributed by atoms with Crippen LogP contribution in [0.4, 0.5) is 4.79 Å². The van der Waals surface area contributed by atoms with Crippen molar-refractivity contribution in [3.63, 3.8) is 0 Å². The summed E-state index contributed by atoms with van der Waals surface area (Å²) < 4.78 is 0. The zero-order chi connectivity index (χ0) is 14.5. The summed E-state index contributed by atoms with van der Waals surface area (Å²) in [5.41, 5.74) is 0.749. The van der Waals surface area contributed by atoms with Crippen LogP contribution in [0, 0.1) is 0 Å². The molecule has 1 heterocycles. The maximum Gasteiger partial charge on any atom is 0.322 e. The van der Waals surface area contributed by atoms with Gasteiger partial charge in [0, 0.05) is 11.6 Å². The standard InChI is InChI=1S/C13H14ClN3O3/c14-9-4-2-1-3-8(9)7-11(18)15-6-5-10-12(19)17-13(20)16-10/h1-4,10H,5-7H2,(H,15,18)(H2,16,17,19,20). The molecule has 1 aromatic rings. The summed E-state index contributed by atoms with van der Waals surface area (Å²) in [5.74, 6) is -0.543. The zero-order valence-corrected chi connectivity index (χ0v) is 11.4. The Morgan fingerprint density at radius 2 is 2.05 bits per heavy atom. The normalized spacial score (nSPS) is 17.6. The van der Waals surface area contributed by atoms with Gasteiger partial charge in [-0.25, -0.2) is 4.79 Å². The van der Waals surface area contributed by atoms with Crippen molar-refractivity contribution in [2.24, 2.45) is 0 Å². The van der Waals surface area contributed by atoms with Gasteiger partial charge in [-0.2, -0.15) is 0 Å². The Morgan fingerprint density at radius 1 is 1.30 bits per heavy atom. The van der Waals surface area contributed by atoms with Crippen molar-refractivity contribution in [2.75, 3.05) is 6.54 Å². The van der Waals surface area contributed by atoms with Gasteiger partial charge < -0.3 is 10.6 Å². The van der Waals surface area contributed by atoms with Gasteiger partial charge in [-0.15, -0.1) is 0 Å². The molecule has 4 amide bonds. The number of hydrogen-bond acceptors (Lipinski definition) is 3. The van der Waals surface area contributed by atoms with E-state index in [0.29, 0.717) is 18.0 Å². The van der Waals surface area contributed by atoms with E-state index < -0.39 is 12.1 Å². The van der Waals surface area contributed by atoms with E-state index in [1.165, 1.54) is 0 Å². The number of hydrogen-bond donors (Lipinski definition) is 3. The number of carbonyl (C=O) groups is 3. The third kappa shape index (κ3) is 3.71. The van der Waals surface area contributed by atoms with Crippen LogP contribution in [-0.2, 0) is 16.0 Å². The van der Waals surface area contributed by atoms with Crippen LogP contribution < -0.4 is 16.0 Å². The van der Waals surface area contributed by atoms with Crippen LogP contribution in [0.1, 0.15) is 12.0 Å². The maximum absolute atomic E-state index is 11.7. The van der Waals surface area contributed by atoms with E-state index in [1.807, 2.05) is 6.07 Å². The number of imide groups is 1. The fourth-order valence-electron chi connectivity index (χ4n) is 1.90. The van der Waals surface area contributed by atoms with E-state index in [-0.39, 0.29) is 18.2 Å². The minimum atomic E-state index is -0.580. The highest BCUT2D eigenvalue weighted by Gasteiger charge is 2.28. The van der Waals surface area contributed by atoms with Gasteiger partial charge >= 0.3 is 6.03 Å². The second-order valence-electron chi connectivity index (χ2n) is 4.42. The number of halogens is 1. The average Bonchev–Trinajstić information content (AvgIpc) is 2.71. The van der Waals surface area contributed by atoms with Crippen LogP contribution in [0.25, 0.3) is 0 Å². The van der Waals surface area contributed by atoms with Crippen LogP contribution in [0.2, 0.25) is 5.02 Å². The van der Waals surface area contributed by atoms with Crippen LogP contribution in [-0.4, -0.2) is 30.4 Å². The first-order valence-electron chi connectivity index (χ1n) is 6.17. The van der Waals surface area contributed by atoms with Gasteiger partial charge in [0.15, 0.2) is 0 Å². The van der Waals surface area contributed by atoms with Crippen LogP contribution in [0.3, 0.4) is 0 Å². The fourth-order valence-corrected chi connectivity index (χ4v) is 2.10. The second-order valence-corrected chi connectivity index (χ2v) is 4.83. The molecule has 6 nitrogen and oxygen atoms in total. The highest BCUT2D eigenvalue weighted by atomic mass is 35.5. The van der Waals surface area contributed by atoms with Crippen LogP contribution in [0.15, 0.2) is 24.3 Å². The Balaban J connectivity index is 1.75. The number of benzene rings is 1. The van der Waals surface area contributed by atoms with Gasteiger partial charge in [-0.3, -0.25) is 14.9 Å². The third-order valence-corrected chi connectivity index (χ3v) is 3.29. The largest absolute Gasteiger partial charge is 0.356 e. The maximum atomic E-state index is 11.7. The van der Waals surface area contributed by atoms with Crippen LogP contribution in [0.5, 0.6) is 0 Å². The zero-order valence-electron chi connectivity index (χ0n) is 10.6. The summed E-state index contributed by atoms with van der Waals surface area (Å²) in [6.07, 6.45) is 0.536. The molecular formula is C13H14ClN3O3. The van der Waals surface area contributed by atoms with Crippen molar-refractivity contribution >= 4 is 29.4 Å². The molecule has 0 spiro atoms. The summed E-state index contributed by atoms with van der Waals surface area (Å²) in [6.45, 7) is 0.307. The van der Waals surface area contributed by atoms with E-state index in [9.17, 15) is 14.4 Å². The summed E-state index contributed by atoms with van der Waals surface area (Å²) in [6, 6.07) is 6.04. The lowest BCUT2D eigenvalue weighted by molar-refractivity contribution is -0.122. The molecule has 1 fully saturated rings. The van der Waals surface area contributed by atoms with E-state index in [1.54, 1.807) is 18.2 Å². The van der Waals surface area contributed by atoms with Gasteiger partial charge in [0.25, 0.3) is 5.91 Å². The van der Waals surface area contributed by atoms with Crippen molar-refractivity contribution in [1.82, 2.24) is 16.0 Å². The lowest BCUT2D eigenvalue weighted by atomic mass is 10.1. The number of amides is 4. The fraction of sp³-hybridized carbons (Fsp3) is 0.308. The van der Waals surface area contributed by atoms with E-state index in [4.69, 9.17) is 11.6 Å². The van der Waals surface area contributed by atoms with Crippen molar-refractivity contribution < 1.29 is 14.4 Å². The quantitative estimate of drug-likeness (QED) is 0.695. The van der Waals surface area contributed by atoms with Crippen molar-refractivity contribution in [1.29, 1.82) is 0 Å². The topological polar surface area (TPSA) is 87.3 Å².